The monoisotopic (exact) mass is 539 g/mol. The fraction of sp³-hybridized carbons (Fsp3) is 0.318. The van der Waals surface area contributed by atoms with Crippen molar-refractivity contribution in [3.63, 3.8) is 0 Å². The van der Waals surface area contributed by atoms with Crippen molar-refractivity contribution in [2.75, 3.05) is 6.54 Å². The number of aryl methyl sites for hydroxylation is 3. The van der Waals surface area contributed by atoms with E-state index in [1.54, 1.807) is 26.0 Å². The number of hydrogen-bond acceptors (Lipinski definition) is 6. The number of aromatic nitrogens is 3. The molecule has 34 heavy (non-hydrogen) atoms. The van der Waals surface area contributed by atoms with Crippen molar-refractivity contribution >= 4 is 56.2 Å². The number of halogens is 2. The molecule has 0 fully saturated rings. The first-order valence-corrected chi connectivity index (χ1v) is 13.6. The van der Waals surface area contributed by atoms with Gasteiger partial charge < -0.3 is 5.32 Å². The Balaban J connectivity index is 1.45. The number of carbonyl (C=O) groups excluding carboxylic acids is 1. The first-order chi connectivity index (χ1) is 16.1. The standard InChI is InChI=1S/C22H23Cl2N5O3S2/c1-13-21(33-14(2)27-13)34(31,32)28-22(30)25-9-8-15-4-3-5-16-11-26-29(20(15)16)12-17-6-7-18(23)10-19(17)24/h6-8,10-11H,3-5,9,12H2,1-2H3,(H2,25,28,30)/b15-8+. The van der Waals surface area contributed by atoms with Crippen LogP contribution >= 0.6 is 34.5 Å². The molecule has 1 aliphatic rings. The normalized spacial score (nSPS) is 14.8. The molecule has 0 unspecified atom stereocenters. The molecular weight excluding hydrogens is 517 g/mol. The molecule has 0 radical (unpaired) electrons. The first-order valence-electron chi connectivity index (χ1n) is 10.6. The van der Waals surface area contributed by atoms with Crippen molar-refractivity contribution in [1.82, 2.24) is 24.8 Å². The SMILES string of the molecule is Cc1nc(C)c(S(=O)(=O)NC(=O)NC/C=C2\CCCc3cnn(Cc4ccc(Cl)cc4Cl)c32)s1. The van der Waals surface area contributed by atoms with Gasteiger partial charge in [0.15, 0.2) is 4.21 Å². The first kappa shape index (κ1) is 24.7. The van der Waals surface area contributed by atoms with Gasteiger partial charge in [0.05, 0.1) is 29.1 Å². The zero-order valence-electron chi connectivity index (χ0n) is 18.6. The summed E-state index contributed by atoms with van der Waals surface area (Å²) in [5, 5.41) is 8.91. The molecule has 1 aromatic carbocycles. The van der Waals surface area contributed by atoms with Gasteiger partial charge in [-0.05, 0) is 61.9 Å². The molecule has 0 spiro atoms. The van der Waals surface area contributed by atoms with Crippen LogP contribution in [0.1, 0.15) is 40.4 Å². The van der Waals surface area contributed by atoms with Crippen LogP contribution < -0.4 is 10.0 Å². The third kappa shape index (κ3) is 5.46. The van der Waals surface area contributed by atoms with E-state index in [1.165, 1.54) is 0 Å². The van der Waals surface area contributed by atoms with E-state index in [0.29, 0.717) is 27.3 Å². The molecule has 2 amide bonds. The third-order valence-corrected chi connectivity index (χ3v) is 8.99. The summed E-state index contributed by atoms with van der Waals surface area (Å²) in [6, 6.07) is 4.58. The van der Waals surface area contributed by atoms with Crippen molar-refractivity contribution in [2.45, 2.75) is 43.9 Å². The van der Waals surface area contributed by atoms with Crippen LogP contribution in [0.25, 0.3) is 5.57 Å². The van der Waals surface area contributed by atoms with Crippen LogP contribution in [0.3, 0.4) is 0 Å². The number of sulfonamides is 1. The van der Waals surface area contributed by atoms with E-state index in [1.807, 2.05) is 23.0 Å². The Morgan fingerprint density at radius 3 is 2.76 bits per heavy atom. The maximum absolute atomic E-state index is 12.5. The van der Waals surface area contributed by atoms with Gasteiger partial charge in [0.25, 0.3) is 10.0 Å². The zero-order valence-corrected chi connectivity index (χ0v) is 21.7. The number of hydrogen-bond donors (Lipinski definition) is 2. The van der Waals surface area contributed by atoms with Gasteiger partial charge >= 0.3 is 6.03 Å². The molecule has 0 bridgehead atoms. The van der Waals surface area contributed by atoms with Crippen LogP contribution in [0.5, 0.6) is 0 Å². The summed E-state index contributed by atoms with van der Waals surface area (Å²) in [5.41, 5.74) is 4.45. The second kappa shape index (κ2) is 10.1. The van der Waals surface area contributed by atoms with Gasteiger partial charge in [-0.3, -0.25) is 4.68 Å². The largest absolute Gasteiger partial charge is 0.334 e. The molecular formula is C22H23Cl2N5O3S2. The predicted molar refractivity (Wildman–Crippen MR) is 134 cm³/mol. The summed E-state index contributed by atoms with van der Waals surface area (Å²) in [5.74, 6) is 0. The molecule has 2 N–H and O–H groups in total. The van der Waals surface area contributed by atoms with Crippen LogP contribution in [-0.2, 0) is 23.0 Å². The smallest absolute Gasteiger partial charge is 0.328 e. The fourth-order valence-corrected chi connectivity index (χ4v) is 6.81. The van der Waals surface area contributed by atoms with Crippen LogP contribution in [0.4, 0.5) is 4.79 Å². The summed E-state index contributed by atoms with van der Waals surface area (Å²) in [4.78, 5) is 16.4. The number of allylic oxidation sites excluding steroid dienone is 1. The second-order valence-corrected chi connectivity index (χ2v) is 11.8. The van der Waals surface area contributed by atoms with E-state index in [2.05, 4.69) is 20.1 Å². The molecule has 0 saturated carbocycles. The van der Waals surface area contributed by atoms with E-state index in [0.717, 1.165) is 53.0 Å². The van der Waals surface area contributed by atoms with Gasteiger partial charge in [-0.25, -0.2) is 22.9 Å². The van der Waals surface area contributed by atoms with Crippen molar-refractivity contribution in [1.29, 1.82) is 0 Å². The summed E-state index contributed by atoms with van der Waals surface area (Å²) in [6.45, 7) is 3.97. The molecule has 2 aromatic heterocycles. The van der Waals surface area contributed by atoms with Gasteiger partial charge in [-0.15, -0.1) is 11.3 Å². The topological polar surface area (TPSA) is 106 Å². The minimum absolute atomic E-state index is 0.0418. The number of carbonyl (C=O) groups is 1. The Bertz CT molecular complexity index is 1380. The van der Waals surface area contributed by atoms with Crippen molar-refractivity contribution in [2.24, 2.45) is 0 Å². The van der Waals surface area contributed by atoms with E-state index >= 15 is 0 Å². The Morgan fingerprint density at radius 1 is 1.26 bits per heavy atom. The van der Waals surface area contributed by atoms with Crippen molar-refractivity contribution in [3.8, 4) is 0 Å². The van der Waals surface area contributed by atoms with Gasteiger partial charge in [0, 0.05) is 16.6 Å². The Hall–Kier alpha value is -2.40. The Kier molecular flexibility index (Phi) is 7.32. The van der Waals surface area contributed by atoms with Gasteiger partial charge in [0.1, 0.15) is 0 Å². The van der Waals surface area contributed by atoms with Crippen LogP contribution in [0.15, 0.2) is 34.7 Å². The second-order valence-electron chi connectivity index (χ2n) is 7.92. The Labute approximate surface area is 212 Å². The van der Waals surface area contributed by atoms with Crippen molar-refractivity contribution in [3.05, 3.63) is 68.0 Å². The highest BCUT2D eigenvalue weighted by molar-refractivity contribution is 7.92. The van der Waals surface area contributed by atoms with E-state index in [4.69, 9.17) is 23.2 Å². The number of nitrogens with one attached hydrogen (secondary N) is 2. The Morgan fingerprint density at radius 2 is 2.06 bits per heavy atom. The van der Waals surface area contributed by atoms with Crippen LogP contribution in [0, 0.1) is 13.8 Å². The maximum atomic E-state index is 12.5. The lowest BCUT2D eigenvalue weighted by atomic mass is 9.92. The van der Waals surface area contributed by atoms with E-state index in [9.17, 15) is 13.2 Å². The molecule has 0 atom stereocenters. The summed E-state index contributed by atoms with van der Waals surface area (Å²) < 4.78 is 29.0. The maximum Gasteiger partial charge on any atom is 0.328 e. The fourth-order valence-electron chi connectivity index (χ4n) is 3.93. The zero-order chi connectivity index (χ0) is 24.5. The molecule has 0 saturated heterocycles. The highest BCUT2D eigenvalue weighted by atomic mass is 35.5. The lowest BCUT2D eigenvalue weighted by molar-refractivity contribution is 0.247. The minimum atomic E-state index is -3.98. The average molecular weight is 540 g/mol. The van der Waals surface area contributed by atoms with E-state index < -0.39 is 16.1 Å². The molecule has 180 valence electrons. The van der Waals surface area contributed by atoms with Gasteiger partial charge in [-0.1, -0.05) is 35.3 Å². The molecule has 8 nitrogen and oxygen atoms in total. The quantitative estimate of drug-likeness (QED) is 0.471. The highest BCUT2D eigenvalue weighted by Gasteiger charge is 2.24. The summed E-state index contributed by atoms with van der Waals surface area (Å²) in [6.07, 6.45) is 6.47. The lowest BCUT2D eigenvalue weighted by Gasteiger charge is -2.18. The van der Waals surface area contributed by atoms with Gasteiger partial charge in [-0.2, -0.15) is 5.10 Å². The minimum Gasteiger partial charge on any atom is -0.334 e. The number of nitrogens with zero attached hydrogens (tertiary/aromatic N) is 3. The van der Waals surface area contributed by atoms with Crippen molar-refractivity contribution < 1.29 is 13.2 Å². The number of amides is 2. The number of thiazole rings is 1. The number of rotatable bonds is 6. The lowest BCUT2D eigenvalue weighted by Crippen LogP contribution is -2.39. The van der Waals surface area contributed by atoms with Gasteiger partial charge in [0.2, 0.25) is 0 Å². The van der Waals surface area contributed by atoms with Crippen LogP contribution in [-0.4, -0.2) is 35.8 Å². The molecule has 0 aliphatic heterocycles. The molecule has 4 rings (SSSR count). The number of urea groups is 1. The molecule has 3 aromatic rings. The molecule has 2 heterocycles. The average Bonchev–Trinajstić information content (AvgIpc) is 3.33. The number of fused-ring (bicyclic) bond motifs is 1. The van der Waals surface area contributed by atoms with E-state index in [-0.39, 0.29) is 10.8 Å². The summed E-state index contributed by atoms with van der Waals surface area (Å²) in [7, 11) is -3.98. The molecule has 1 aliphatic carbocycles. The van der Waals surface area contributed by atoms with Crippen LogP contribution in [0.2, 0.25) is 10.0 Å². The predicted octanol–water partition coefficient (Wildman–Crippen LogP) is 4.72. The number of benzene rings is 1. The third-order valence-electron chi connectivity index (χ3n) is 5.39. The summed E-state index contributed by atoms with van der Waals surface area (Å²) >= 11 is 13.4. The highest BCUT2D eigenvalue weighted by Crippen LogP contribution is 2.32. The molecule has 12 heteroatoms.